The van der Waals surface area contributed by atoms with Gasteiger partial charge in [0.15, 0.2) is 0 Å². The Hall–Kier alpha value is -1.28. The first kappa shape index (κ1) is 17.1. The van der Waals surface area contributed by atoms with Crippen LogP contribution in [-0.2, 0) is 14.4 Å². The van der Waals surface area contributed by atoms with Gasteiger partial charge in [-0.2, -0.15) is 0 Å². The van der Waals surface area contributed by atoms with Gasteiger partial charge in [0.25, 0.3) is 0 Å². The SMILES string of the molecule is N[C@@H](CS[C@@H]1CC(=O)N(c2ccc(Cl)cc2Cl)C1=O)C(=O)O. The Morgan fingerprint density at radius 2 is 2.14 bits per heavy atom. The van der Waals surface area contributed by atoms with Gasteiger partial charge in [0.05, 0.1) is 16.0 Å². The summed E-state index contributed by atoms with van der Waals surface area (Å²) in [5.74, 6) is -1.93. The molecule has 0 aromatic heterocycles. The smallest absolute Gasteiger partial charge is 0.321 e. The lowest BCUT2D eigenvalue weighted by Crippen LogP contribution is -2.35. The lowest BCUT2D eigenvalue weighted by molar-refractivity contribution is -0.138. The van der Waals surface area contributed by atoms with Gasteiger partial charge in [0.2, 0.25) is 11.8 Å². The monoisotopic (exact) mass is 362 g/mol. The molecular weight excluding hydrogens is 351 g/mol. The number of hydrogen-bond acceptors (Lipinski definition) is 5. The average Bonchev–Trinajstić information content (AvgIpc) is 2.71. The third-order valence-electron chi connectivity index (χ3n) is 3.05. The fourth-order valence-electron chi connectivity index (χ4n) is 1.94. The molecule has 1 aliphatic rings. The van der Waals surface area contributed by atoms with Crippen molar-refractivity contribution in [2.24, 2.45) is 5.73 Å². The Balaban J connectivity index is 2.13. The number of carboxylic acids is 1. The number of amides is 2. The second kappa shape index (κ2) is 6.87. The molecular formula is C13H12Cl2N2O4S. The molecule has 0 spiro atoms. The number of carbonyl (C=O) groups is 3. The number of rotatable bonds is 5. The number of hydrogen-bond donors (Lipinski definition) is 2. The molecule has 22 heavy (non-hydrogen) atoms. The molecule has 9 heteroatoms. The molecule has 1 aromatic carbocycles. The van der Waals surface area contributed by atoms with Gasteiger partial charge in [-0.05, 0) is 18.2 Å². The summed E-state index contributed by atoms with van der Waals surface area (Å²) in [6.45, 7) is 0. The van der Waals surface area contributed by atoms with Crippen LogP contribution in [0.1, 0.15) is 6.42 Å². The number of anilines is 1. The van der Waals surface area contributed by atoms with E-state index in [9.17, 15) is 14.4 Å². The van der Waals surface area contributed by atoms with E-state index < -0.39 is 29.1 Å². The summed E-state index contributed by atoms with van der Waals surface area (Å²) in [4.78, 5) is 36.1. The van der Waals surface area contributed by atoms with Crippen LogP contribution in [0.15, 0.2) is 18.2 Å². The minimum atomic E-state index is -1.15. The van der Waals surface area contributed by atoms with E-state index >= 15 is 0 Å². The van der Waals surface area contributed by atoms with Crippen LogP contribution >= 0.6 is 35.0 Å². The zero-order valence-electron chi connectivity index (χ0n) is 11.2. The molecule has 3 N–H and O–H groups in total. The van der Waals surface area contributed by atoms with E-state index in [1.54, 1.807) is 0 Å². The molecule has 1 saturated heterocycles. The summed E-state index contributed by atoms with van der Waals surface area (Å²) < 4.78 is 0. The highest BCUT2D eigenvalue weighted by Gasteiger charge is 2.40. The maximum absolute atomic E-state index is 12.3. The van der Waals surface area contributed by atoms with Gasteiger partial charge < -0.3 is 10.8 Å². The van der Waals surface area contributed by atoms with Crippen molar-refractivity contribution < 1.29 is 19.5 Å². The van der Waals surface area contributed by atoms with E-state index in [1.165, 1.54) is 18.2 Å². The molecule has 118 valence electrons. The van der Waals surface area contributed by atoms with Crippen molar-refractivity contribution in [3.63, 3.8) is 0 Å². The molecule has 0 bridgehead atoms. The van der Waals surface area contributed by atoms with Crippen LogP contribution in [0.2, 0.25) is 10.0 Å². The number of aliphatic carboxylic acids is 1. The summed E-state index contributed by atoms with van der Waals surface area (Å²) in [5.41, 5.74) is 5.67. The van der Waals surface area contributed by atoms with E-state index in [-0.39, 0.29) is 22.9 Å². The first-order chi connectivity index (χ1) is 10.3. The van der Waals surface area contributed by atoms with Crippen LogP contribution < -0.4 is 10.6 Å². The highest BCUT2D eigenvalue weighted by molar-refractivity contribution is 8.00. The van der Waals surface area contributed by atoms with Gasteiger partial charge in [0.1, 0.15) is 6.04 Å². The minimum Gasteiger partial charge on any atom is -0.480 e. The molecule has 0 saturated carbocycles. The van der Waals surface area contributed by atoms with Crippen molar-refractivity contribution in [3.8, 4) is 0 Å². The lowest BCUT2D eigenvalue weighted by atomic mass is 10.3. The number of benzene rings is 1. The van der Waals surface area contributed by atoms with Crippen molar-refractivity contribution >= 4 is 58.4 Å². The molecule has 2 rings (SSSR count). The third kappa shape index (κ3) is 3.55. The Bertz CT molecular complexity index is 640. The van der Waals surface area contributed by atoms with Gasteiger partial charge in [-0.15, -0.1) is 11.8 Å². The predicted octanol–water partition coefficient (Wildman–Crippen LogP) is 1.77. The van der Waals surface area contributed by atoms with Crippen LogP contribution in [0.5, 0.6) is 0 Å². The second-order valence-electron chi connectivity index (χ2n) is 4.63. The van der Waals surface area contributed by atoms with Gasteiger partial charge in [-0.25, -0.2) is 4.90 Å². The third-order valence-corrected chi connectivity index (χ3v) is 4.91. The number of carbonyl (C=O) groups excluding carboxylic acids is 2. The van der Waals surface area contributed by atoms with Gasteiger partial charge in [-0.1, -0.05) is 23.2 Å². The van der Waals surface area contributed by atoms with E-state index in [4.69, 9.17) is 34.0 Å². The molecule has 6 nitrogen and oxygen atoms in total. The van der Waals surface area contributed by atoms with E-state index in [0.717, 1.165) is 16.7 Å². The molecule has 1 aromatic rings. The first-order valence-corrected chi connectivity index (χ1v) is 8.03. The maximum Gasteiger partial charge on any atom is 0.321 e. The predicted molar refractivity (Wildman–Crippen MR) is 85.4 cm³/mol. The van der Waals surface area contributed by atoms with Crippen molar-refractivity contribution in [3.05, 3.63) is 28.2 Å². The number of thioether (sulfide) groups is 1. The van der Waals surface area contributed by atoms with Gasteiger partial charge in [0, 0.05) is 17.2 Å². The zero-order valence-corrected chi connectivity index (χ0v) is 13.5. The number of halogens is 2. The molecule has 0 aliphatic carbocycles. The van der Waals surface area contributed by atoms with Crippen molar-refractivity contribution in [1.82, 2.24) is 0 Å². The summed E-state index contributed by atoms with van der Waals surface area (Å²) in [6.07, 6.45) is -0.0191. The summed E-state index contributed by atoms with van der Waals surface area (Å²) in [6, 6.07) is 3.39. The normalized spacial score (nSPS) is 19.6. The Morgan fingerprint density at radius 3 is 2.73 bits per heavy atom. The largest absolute Gasteiger partial charge is 0.480 e. The Kier molecular flexibility index (Phi) is 5.33. The fourth-order valence-corrected chi connectivity index (χ4v) is 3.52. The van der Waals surface area contributed by atoms with Crippen molar-refractivity contribution in [2.45, 2.75) is 17.7 Å². The number of carboxylic acid groups (broad SMARTS) is 1. The molecule has 0 radical (unpaired) electrons. The van der Waals surface area contributed by atoms with Crippen LogP contribution in [-0.4, -0.2) is 39.9 Å². The maximum atomic E-state index is 12.3. The van der Waals surface area contributed by atoms with Crippen LogP contribution in [0.3, 0.4) is 0 Å². The first-order valence-electron chi connectivity index (χ1n) is 6.23. The average molecular weight is 363 g/mol. The van der Waals surface area contributed by atoms with Crippen molar-refractivity contribution in [1.29, 1.82) is 0 Å². The standard InChI is InChI=1S/C13H12Cl2N2O4S/c14-6-1-2-9(7(15)3-6)17-11(18)4-10(12(17)19)22-5-8(16)13(20)21/h1-3,8,10H,4-5,16H2,(H,20,21)/t8-,10+/m0/s1. The molecule has 2 atom stereocenters. The van der Waals surface area contributed by atoms with E-state index in [2.05, 4.69) is 0 Å². The van der Waals surface area contributed by atoms with Crippen LogP contribution in [0, 0.1) is 0 Å². The Morgan fingerprint density at radius 1 is 1.45 bits per heavy atom. The molecule has 1 aliphatic heterocycles. The van der Waals surface area contributed by atoms with Crippen LogP contribution in [0.4, 0.5) is 5.69 Å². The van der Waals surface area contributed by atoms with Crippen LogP contribution in [0.25, 0.3) is 0 Å². The van der Waals surface area contributed by atoms with E-state index in [1.807, 2.05) is 0 Å². The molecule has 1 fully saturated rings. The minimum absolute atomic E-state index is 0.0191. The van der Waals surface area contributed by atoms with Gasteiger partial charge in [-0.3, -0.25) is 14.4 Å². The number of nitrogens with zero attached hydrogens (tertiary/aromatic N) is 1. The molecule has 1 heterocycles. The summed E-state index contributed by atoms with van der Waals surface area (Å²) in [7, 11) is 0. The van der Waals surface area contributed by atoms with Crippen molar-refractivity contribution in [2.75, 3.05) is 10.7 Å². The van der Waals surface area contributed by atoms with Gasteiger partial charge >= 0.3 is 5.97 Å². The summed E-state index contributed by atoms with van der Waals surface area (Å²) in [5, 5.41) is 8.66. The fraction of sp³-hybridized carbons (Fsp3) is 0.308. The van der Waals surface area contributed by atoms with E-state index in [0.29, 0.717) is 5.02 Å². The highest BCUT2D eigenvalue weighted by Crippen LogP contribution is 2.35. The molecule has 0 unspecified atom stereocenters. The second-order valence-corrected chi connectivity index (χ2v) is 6.71. The topological polar surface area (TPSA) is 101 Å². The zero-order chi connectivity index (χ0) is 16.4. The Labute approximate surface area is 140 Å². The number of nitrogens with two attached hydrogens (primary N) is 1. The highest BCUT2D eigenvalue weighted by atomic mass is 35.5. The lowest BCUT2D eigenvalue weighted by Gasteiger charge is -2.16. The quantitative estimate of drug-likeness (QED) is 0.774. The molecule has 2 amide bonds. The number of imide groups is 1. The summed E-state index contributed by atoms with van der Waals surface area (Å²) >= 11 is 12.9.